The van der Waals surface area contributed by atoms with E-state index in [2.05, 4.69) is 0 Å². The normalized spacial score (nSPS) is 10.9. The van der Waals surface area contributed by atoms with Gasteiger partial charge in [-0.3, -0.25) is 0 Å². The molecule has 1 nitrogen and oxygen atoms in total. The average Bonchev–Trinajstić information content (AvgIpc) is 2.33. The van der Waals surface area contributed by atoms with E-state index in [0.29, 0.717) is 16.7 Å². The van der Waals surface area contributed by atoms with E-state index in [1.54, 1.807) is 12.1 Å². The van der Waals surface area contributed by atoms with Crippen LogP contribution in [0.4, 0.5) is 14.5 Å². The Balaban J connectivity index is 2.25. The molecule has 2 rings (SSSR count). The predicted molar refractivity (Wildman–Crippen MR) is 72.9 cm³/mol. The van der Waals surface area contributed by atoms with Crippen LogP contribution in [-0.2, 0) is 0 Å². The fraction of sp³-hybridized carbons (Fsp3) is 0.143. The number of nitrogens with two attached hydrogens (primary N) is 1. The first-order chi connectivity index (χ1) is 8.56. The molecule has 94 valence electrons. The summed E-state index contributed by atoms with van der Waals surface area (Å²) in [7, 11) is 0. The molecule has 0 fully saturated rings. The largest absolute Gasteiger partial charge is 0.399 e. The first-order valence-corrected chi connectivity index (χ1v) is 6.35. The molecule has 4 heteroatoms. The van der Waals surface area contributed by atoms with E-state index in [1.807, 2.05) is 37.3 Å². The summed E-state index contributed by atoms with van der Waals surface area (Å²) in [5.41, 5.74) is 9.56. The SMILES string of the molecule is Cc1cc(-c2ccc(SC(F)F)cc2)ccc1N. The van der Waals surface area contributed by atoms with Crippen LogP contribution in [-0.4, -0.2) is 5.76 Å². The average molecular weight is 265 g/mol. The van der Waals surface area contributed by atoms with E-state index >= 15 is 0 Å². The highest BCUT2D eigenvalue weighted by Gasteiger charge is 2.05. The summed E-state index contributed by atoms with van der Waals surface area (Å²) in [4.78, 5) is 0.570. The molecule has 0 aromatic heterocycles. The van der Waals surface area contributed by atoms with Crippen molar-refractivity contribution in [2.45, 2.75) is 17.6 Å². The van der Waals surface area contributed by atoms with Crippen molar-refractivity contribution >= 4 is 17.4 Å². The molecule has 0 radical (unpaired) electrons. The van der Waals surface area contributed by atoms with Gasteiger partial charge in [-0.25, -0.2) is 0 Å². The summed E-state index contributed by atoms with van der Waals surface area (Å²) in [6.07, 6.45) is 0. The van der Waals surface area contributed by atoms with Crippen LogP contribution >= 0.6 is 11.8 Å². The minimum atomic E-state index is -2.38. The number of hydrogen-bond donors (Lipinski definition) is 1. The lowest BCUT2D eigenvalue weighted by Crippen LogP contribution is -1.89. The lowest BCUT2D eigenvalue weighted by Gasteiger charge is -2.06. The maximum absolute atomic E-state index is 12.2. The number of anilines is 1. The summed E-state index contributed by atoms with van der Waals surface area (Å²) in [5, 5.41) is 0. The maximum atomic E-state index is 12.2. The molecule has 2 aromatic carbocycles. The fourth-order valence-corrected chi connectivity index (χ4v) is 2.18. The lowest BCUT2D eigenvalue weighted by atomic mass is 10.0. The maximum Gasteiger partial charge on any atom is 0.288 e. The molecule has 0 heterocycles. The molecule has 0 aliphatic rings. The zero-order valence-corrected chi connectivity index (χ0v) is 10.7. The molecule has 0 spiro atoms. The third kappa shape index (κ3) is 3.01. The third-order valence-corrected chi connectivity index (χ3v) is 3.41. The van der Waals surface area contributed by atoms with Gasteiger partial charge >= 0.3 is 0 Å². The van der Waals surface area contributed by atoms with E-state index in [9.17, 15) is 8.78 Å². The van der Waals surface area contributed by atoms with Crippen LogP contribution in [0.15, 0.2) is 47.4 Å². The Labute approximate surface area is 109 Å². The summed E-state index contributed by atoms with van der Waals surface area (Å²) < 4.78 is 24.4. The molecule has 0 saturated heterocycles. The van der Waals surface area contributed by atoms with Gasteiger partial charge in [0.1, 0.15) is 0 Å². The minimum absolute atomic E-state index is 0.555. The van der Waals surface area contributed by atoms with Crippen molar-refractivity contribution in [3.8, 4) is 11.1 Å². The first kappa shape index (κ1) is 12.9. The third-order valence-electron chi connectivity index (χ3n) is 2.68. The molecule has 18 heavy (non-hydrogen) atoms. The standard InChI is InChI=1S/C14H13F2NS/c1-9-8-11(4-7-13(9)17)10-2-5-12(6-3-10)18-14(15)16/h2-8,14H,17H2,1H3. The molecule has 0 bridgehead atoms. The number of thioether (sulfide) groups is 1. The molecule has 2 aromatic rings. The molecular formula is C14H13F2NS. The van der Waals surface area contributed by atoms with Crippen LogP contribution in [0.2, 0.25) is 0 Å². The Morgan fingerprint density at radius 3 is 2.17 bits per heavy atom. The van der Waals surface area contributed by atoms with Gasteiger partial charge in [-0.1, -0.05) is 30.0 Å². The van der Waals surface area contributed by atoms with Crippen molar-refractivity contribution in [3.63, 3.8) is 0 Å². The Kier molecular flexibility index (Phi) is 3.87. The summed E-state index contributed by atoms with van der Waals surface area (Å²) >= 11 is 0.555. The smallest absolute Gasteiger partial charge is 0.288 e. The molecule has 0 saturated carbocycles. The second-order valence-corrected chi connectivity index (χ2v) is 5.04. The van der Waals surface area contributed by atoms with Crippen molar-refractivity contribution in [3.05, 3.63) is 48.0 Å². The summed E-state index contributed by atoms with van der Waals surface area (Å²) in [6.45, 7) is 1.94. The Bertz CT molecular complexity index is 538. The van der Waals surface area contributed by atoms with Crippen LogP contribution in [0, 0.1) is 6.92 Å². The molecule has 0 amide bonds. The van der Waals surface area contributed by atoms with Gasteiger partial charge in [0.25, 0.3) is 5.76 Å². The van der Waals surface area contributed by atoms with Gasteiger partial charge in [-0.05, 0) is 47.9 Å². The summed E-state index contributed by atoms with van der Waals surface area (Å²) in [5.74, 6) is -2.38. The van der Waals surface area contributed by atoms with E-state index in [0.717, 1.165) is 22.4 Å². The van der Waals surface area contributed by atoms with Crippen LogP contribution in [0.25, 0.3) is 11.1 Å². The highest BCUT2D eigenvalue weighted by molar-refractivity contribution is 7.99. The zero-order chi connectivity index (χ0) is 13.1. The Hall–Kier alpha value is -1.55. The Morgan fingerprint density at radius 1 is 1.00 bits per heavy atom. The van der Waals surface area contributed by atoms with E-state index in [4.69, 9.17) is 5.73 Å². The van der Waals surface area contributed by atoms with Gasteiger partial charge in [-0.2, -0.15) is 8.78 Å². The Morgan fingerprint density at radius 2 is 1.61 bits per heavy atom. The highest BCUT2D eigenvalue weighted by atomic mass is 32.2. The fourth-order valence-electron chi connectivity index (χ4n) is 1.68. The lowest BCUT2D eigenvalue weighted by molar-refractivity contribution is 0.252. The van der Waals surface area contributed by atoms with Gasteiger partial charge in [-0.15, -0.1) is 0 Å². The molecule has 0 unspecified atom stereocenters. The number of rotatable bonds is 3. The van der Waals surface area contributed by atoms with Gasteiger partial charge in [0.15, 0.2) is 0 Å². The minimum Gasteiger partial charge on any atom is -0.399 e. The van der Waals surface area contributed by atoms with E-state index < -0.39 is 5.76 Å². The van der Waals surface area contributed by atoms with E-state index in [1.165, 1.54) is 0 Å². The van der Waals surface area contributed by atoms with E-state index in [-0.39, 0.29) is 0 Å². The van der Waals surface area contributed by atoms with Crippen LogP contribution in [0.5, 0.6) is 0 Å². The number of aryl methyl sites for hydroxylation is 1. The number of benzene rings is 2. The second kappa shape index (κ2) is 5.40. The first-order valence-electron chi connectivity index (χ1n) is 5.47. The number of hydrogen-bond acceptors (Lipinski definition) is 2. The quantitative estimate of drug-likeness (QED) is 0.650. The van der Waals surface area contributed by atoms with Crippen molar-refractivity contribution in [2.24, 2.45) is 0 Å². The van der Waals surface area contributed by atoms with Crippen molar-refractivity contribution in [1.29, 1.82) is 0 Å². The van der Waals surface area contributed by atoms with Gasteiger partial charge in [0.2, 0.25) is 0 Å². The predicted octanol–water partition coefficient (Wildman–Crippen LogP) is 4.56. The molecule has 0 aliphatic carbocycles. The molecule has 0 aliphatic heterocycles. The number of halogens is 2. The van der Waals surface area contributed by atoms with Crippen LogP contribution < -0.4 is 5.73 Å². The molecule has 2 N–H and O–H groups in total. The van der Waals surface area contributed by atoms with Crippen LogP contribution in [0.3, 0.4) is 0 Å². The topological polar surface area (TPSA) is 26.0 Å². The number of nitrogen functional groups attached to an aromatic ring is 1. The number of alkyl halides is 2. The van der Waals surface area contributed by atoms with Gasteiger partial charge in [0.05, 0.1) is 0 Å². The molecular weight excluding hydrogens is 252 g/mol. The van der Waals surface area contributed by atoms with Crippen molar-refractivity contribution < 1.29 is 8.78 Å². The van der Waals surface area contributed by atoms with Gasteiger partial charge < -0.3 is 5.73 Å². The second-order valence-electron chi connectivity index (χ2n) is 3.97. The molecule has 0 atom stereocenters. The van der Waals surface area contributed by atoms with Crippen LogP contribution in [0.1, 0.15) is 5.56 Å². The highest BCUT2D eigenvalue weighted by Crippen LogP contribution is 2.29. The monoisotopic (exact) mass is 265 g/mol. The van der Waals surface area contributed by atoms with Crippen molar-refractivity contribution in [2.75, 3.05) is 5.73 Å². The van der Waals surface area contributed by atoms with Gasteiger partial charge in [0, 0.05) is 10.6 Å². The van der Waals surface area contributed by atoms with Crippen molar-refractivity contribution in [1.82, 2.24) is 0 Å². The summed E-state index contributed by atoms with van der Waals surface area (Å²) in [6, 6.07) is 12.9. The zero-order valence-electron chi connectivity index (χ0n) is 9.86.